The maximum Gasteiger partial charge on any atom is 0.326 e. The Hall–Kier alpha value is -1.11. The van der Waals surface area contributed by atoms with E-state index in [1.165, 1.54) is 0 Å². The van der Waals surface area contributed by atoms with E-state index in [-0.39, 0.29) is 36.7 Å². The summed E-state index contributed by atoms with van der Waals surface area (Å²) in [5, 5.41) is 11.4. The average molecular weight is 247 g/mol. The Morgan fingerprint density at radius 2 is 1.94 bits per heavy atom. The van der Waals surface area contributed by atoms with Crippen molar-refractivity contribution < 1.29 is 23.1 Å². The number of rotatable bonds is 1. The number of hydrogen-bond donors (Lipinski definition) is 2. The van der Waals surface area contributed by atoms with Gasteiger partial charge in [-0.25, -0.2) is 13.2 Å². The maximum atomic E-state index is 11.3. The maximum absolute atomic E-state index is 11.3. The van der Waals surface area contributed by atoms with Crippen LogP contribution in [0.2, 0.25) is 0 Å². The molecule has 0 aromatic carbocycles. The summed E-state index contributed by atoms with van der Waals surface area (Å²) in [6.45, 7) is 0. The first-order valence-corrected chi connectivity index (χ1v) is 6.89. The molecule has 1 amide bonds. The Labute approximate surface area is 92.9 Å². The largest absolute Gasteiger partial charge is 0.480 e. The molecule has 2 heterocycles. The number of sulfone groups is 1. The predicted molar refractivity (Wildman–Crippen MR) is 54.5 cm³/mol. The molecule has 2 N–H and O–H groups in total. The van der Waals surface area contributed by atoms with Crippen LogP contribution >= 0.6 is 0 Å². The zero-order valence-electron chi connectivity index (χ0n) is 8.60. The summed E-state index contributed by atoms with van der Waals surface area (Å²) in [7, 11) is -3.04. The van der Waals surface area contributed by atoms with Crippen LogP contribution < -0.4 is 5.32 Å². The van der Waals surface area contributed by atoms with Gasteiger partial charge in [0.15, 0.2) is 0 Å². The van der Waals surface area contributed by atoms with Crippen molar-refractivity contribution in [1.29, 1.82) is 0 Å². The monoisotopic (exact) mass is 247 g/mol. The standard InChI is InChI=1S/C9H13NO5S/c11-6-5-9(7(10-6)8(12)13)1-3-16(14,15)4-2-9/h7H,1-5H2,(H,10,11)(H,12,13). The van der Waals surface area contributed by atoms with E-state index in [0.717, 1.165) is 0 Å². The quantitative estimate of drug-likeness (QED) is 0.629. The molecule has 0 aliphatic carbocycles. The zero-order valence-corrected chi connectivity index (χ0v) is 9.42. The molecule has 2 fully saturated rings. The normalized spacial score (nSPS) is 31.2. The van der Waals surface area contributed by atoms with Gasteiger partial charge in [0.25, 0.3) is 0 Å². The summed E-state index contributed by atoms with van der Waals surface area (Å²) in [4.78, 5) is 22.3. The molecule has 0 radical (unpaired) electrons. The number of aliphatic carboxylic acids is 1. The van der Waals surface area contributed by atoms with Crippen molar-refractivity contribution in [3.63, 3.8) is 0 Å². The molecule has 1 spiro atoms. The lowest BCUT2D eigenvalue weighted by Crippen LogP contribution is -2.47. The van der Waals surface area contributed by atoms with E-state index < -0.39 is 27.3 Å². The van der Waals surface area contributed by atoms with Gasteiger partial charge in [-0.3, -0.25) is 4.79 Å². The Balaban J connectivity index is 2.25. The molecule has 2 aliphatic rings. The van der Waals surface area contributed by atoms with Crippen LogP contribution in [-0.4, -0.2) is 42.9 Å². The molecule has 16 heavy (non-hydrogen) atoms. The van der Waals surface area contributed by atoms with Gasteiger partial charge < -0.3 is 10.4 Å². The average Bonchev–Trinajstić information content (AvgIpc) is 2.50. The van der Waals surface area contributed by atoms with Gasteiger partial charge in [-0.15, -0.1) is 0 Å². The van der Waals surface area contributed by atoms with Crippen molar-refractivity contribution in [3.8, 4) is 0 Å². The molecule has 0 bridgehead atoms. The van der Waals surface area contributed by atoms with E-state index in [4.69, 9.17) is 5.11 Å². The van der Waals surface area contributed by atoms with E-state index in [0.29, 0.717) is 0 Å². The summed E-state index contributed by atoms with van der Waals surface area (Å²) in [6.07, 6.45) is 0.634. The summed E-state index contributed by atoms with van der Waals surface area (Å²) in [5.74, 6) is -1.42. The third-order valence-corrected chi connectivity index (χ3v) is 5.15. The predicted octanol–water partition coefficient (Wildman–Crippen LogP) is -0.845. The summed E-state index contributed by atoms with van der Waals surface area (Å²) < 4.78 is 22.6. The first-order chi connectivity index (χ1) is 7.35. The minimum absolute atomic E-state index is 0.0221. The molecule has 6 nitrogen and oxygen atoms in total. The molecule has 2 aliphatic heterocycles. The van der Waals surface area contributed by atoms with Crippen LogP contribution in [0, 0.1) is 5.41 Å². The molecule has 1 atom stereocenters. The second-order valence-corrected chi connectivity index (χ2v) is 6.83. The van der Waals surface area contributed by atoms with Gasteiger partial charge in [-0.05, 0) is 12.8 Å². The van der Waals surface area contributed by atoms with Crippen molar-refractivity contribution in [2.45, 2.75) is 25.3 Å². The van der Waals surface area contributed by atoms with Gasteiger partial charge >= 0.3 is 5.97 Å². The fraction of sp³-hybridized carbons (Fsp3) is 0.778. The number of carboxylic acids is 1. The van der Waals surface area contributed by atoms with Crippen molar-refractivity contribution >= 4 is 21.7 Å². The van der Waals surface area contributed by atoms with Crippen LogP contribution in [0.15, 0.2) is 0 Å². The zero-order chi connectivity index (χ0) is 12.0. The number of hydrogen-bond acceptors (Lipinski definition) is 4. The Bertz CT molecular complexity index is 427. The van der Waals surface area contributed by atoms with Crippen LogP contribution in [0.4, 0.5) is 0 Å². The minimum atomic E-state index is -3.04. The third kappa shape index (κ3) is 1.79. The van der Waals surface area contributed by atoms with Gasteiger partial charge in [0.05, 0.1) is 11.5 Å². The lowest BCUT2D eigenvalue weighted by atomic mass is 9.75. The van der Waals surface area contributed by atoms with Gasteiger partial charge in [0.2, 0.25) is 5.91 Å². The fourth-order valence-corrected chi connectivity index (χ4v) is 4.16. The number of carbonyl (C=O) groups is 2. The molecular formula is C9H13NO5S. The van der Waals surface area contributed by atoms with Crippen LogP contribution in [0.3, 0.4) is 0 Å². The van der Waals surface area contributed by atoms with Crippen LogP contribution in [0.25, 0.3) is 0 Å². The van der Waals surface area contributed by atoms with Crippen molar-refractivity contribution in [2.24, 2.45) is 5.41 Å². The highest BCUT2D eigenvalue weighted by atomic mass is 32.2. The van der Waals surface area contributed by atoms with Crippen molar-refractivity contribution in [3.05, 3.63) is 0 Å². The molecule has 2 rings (SSSR count). The van der Waals surface area contributed by atoms with Gasteiger partial charge in [-0.2, -0.15) is 0 Å². The van der Waals surface area contributed by atoms with Gasteiger partial charge in [0.1, 0.15) is 15.9 Å². The lowest BCUT2D eigenvalue weighted by molar-refractivity contribution is -0.142. The molecule has 0 saturated carbocycles. The molecule has 2 saturated heterocycles. The second-order valence-electron chi connectivity index (χ2n) is 4.53. The fourth-order valence-electron chi connectivity index (χ4n) is 2.52. The van der Waals surface area contributed by atoms with Crippen LogP contribution in [-0.2, 0) is 19.4 Å². The Morgan fingerprint density at radius 1 is 1.38 bits per heavy atom. The van der Waals surface area contributed by atoms with E-state index in [9.17, 15) is 18.0 Å². The van der Waals surface area contributed by atoms with Crippen LogP contribution in [0.1, 0.15) is 19.3 Å². The number of amides is 1. The summed E-state index contributed by atoms with van der Waals surface area (Å²) >= 11 is 0. The highest BCUT2D eigenvalue weighted by Crippen LogP contribution is 2.42. The number of nitrogens with one attached hydrogen (secondary N) is 1. The number of carboxylic acid groups (broad SMARTS) is 1. The topological polar surface area (TPSA) is 101 Å². The van der Waals surface area contributed by atoms with E-state index in [2.05, 4.69) is 5.32 Å². The van der Waals surface area contributed by atoms with E-state index in [1.54, 1.807) is 0 Å². The van der Waals surface area contributed by atoms with Gasteiger partial charge in [0, 0.05) is 11.8 Å². The Kier molecular flexibility index (Phi) is 2.45. The highest BCUT2D eigenvalue weighted by Gasteiger charge is 2.52. The molecule has 1 unspecified atom stereocenters. The SMILES string of the molecule is O=C1CC2(CCS(=O)(=O)CC2)C(C(=O)O)N1. The van der Waals surface area contributed by atoms with Crippen molar-refractivity contribution in [1.82, 2.24) is 5.32 Å². The third-order valence-electron chi connectivity index (χ3n) is 3.50. The molecular weight excluding hydrogens is 234 g/mol. The first kappa shape index (κ1) is 11.4. The smallest absolute Gasteiger partial charge is 0.326 e. The summed E-state index contributed by atoms with van der Waals surface area (Å²) in [6, 6.07) is -0.935. The van der Waals surface area contributed by atoms with E-state index >= 15 is 0 Å². The highest BCUT2D eigenvalue weighted by molar-refractivity contribution is 7.91. The lowest BCUT2D eigenvalue weighted by Gasteiger charge is -2.34. The molecule has 7 heteroatoms. The minimum Gasteiger partial charge on any atom is -0.480 e. The Morgan fingerprint density at radius 3 is 2.44 bits per heavy atom. The first-order valence-electron chi connectivity index (χ1n) is 5.07. The second kappa shape index (κ2) is 3.44. The summed E-state index contributed by atoms with van der Waals surface area (Å²) in [5.41, 5.74) is -0.700. The molecule has 90 valence electrons. The van der Waals surface area contributed by atoms with Gasteiger partial charge in [-0.1, -0.05) is 0 Å². The molecule has 0 aromatic heterocycles. The number of carbonyl (C=O) groups excluding carboxylic acids is 1. The van der Waals surface area contributed by atoms with Crippen molar-refractivity contribution in [2.75, 3.05) is 11.5 Å². The van der Waals surface area contributed by atoms with E-state index in [1.807, 2.05) is 0 Å². The van der Waals surface area contributed by atoms with Crippen LogP contribution in [0.5, 0.6) is 0 Å². The molecule has 0 aromatic rings.